The molecule has 2 aromatic rings. The standard InChI is InChI=1S/C21H29N5O/c1-16(2)24-11-7-13-26-17(15-24)14-19(23-26)21(27)25-12-6-4-9-20(25)18-8-3-5-10-22-18/h3,5,8,10,14,16,20H,4,6-7,9,11-13,15H2,1-2H3/t20-/m0/s1. The van der Waals surface area contributed by atoms with E-state index in [1.54, 1.807) is 0 Å². The number of amides is 1. The van der Waals surface area contributed by atoms with Crippen molar-refractivity contribution in [3.8, 4) is 0 Å². The summed E-state index contributed by atoms with van der Waals surface area (Å²) in [4.78, 5) is 22.3. The number of nitrogens with zero attached hydrogens (tertiary/aromatic N) is 5. The summed E-state index contributed by atoms with van der Waals surface area (Å²) in [7, 11) is 0. The number of piperidine rings is 1. The van der Waals surface area contributed by atoms with Crippen LogP contribution in [0.5, 0.6) is 0 Å². The molecule has 0 saturated carbocycles. The Labute approximate surface area is 161 Å². The third kappa shape index (κ3) is 3.76. The fourth-order valence-corrected chi connectivity index (χ4v) is 4.23. The summed E-state index contributed by atoms with van der Waals surface area (Å²) in [6, 6.07) is 8.51. The van der Waals surface area contributed by atoms with Crippen LogP contribution in [0, 0.1) is 0 Å². The van der Waals surface area contributed by atoms with Crippen LogP contribution in [0.25, 0.3) is 0 Å². The lowest BCUT2D eigenvalue weighted by molar-refractivity contribution is 0.0599. The second-order valence-corrected chi connectivity index (χ2v) is 7.93. The van der Waals surface area contributed by atoms with E-state index in [1.165, 1.54) is 0 Å². The first-order valence-corrected chi connectivity index (χ1v) is 10.2. The average Bonchev–Trinajstić information content (AvgIpc) is 2.99. The van der Waals surface area contributed by atoms with Gasteiger partial charge in [0.25, 0.3) is 5.91 Å². The second-order valence-electron chi connectivity index (χ2n) is 7.93. The summed E-state index contributed by atoms with van der Waals surface area (Å²) in [5.74, 6) is 0.0435. The number of fused-ring (bicyclic) bond motifs is 1. The van der Waals surface area contributed by atoms with Crippen LogP contribution < -0.4 is 0 Å². The first kappa shape index (κ1) is 18.2. The van der Waals surface area contributed by atoms with E-state index in [4.69, 9.17) is 0 Å². The van der Waals surface area contributed by atoms with Crippen LogP contribution in [-0.2, 0) is 13.1 Å². The van der Waals surface area contributed by atoms with Gasteiger partial charge in [0.15, 0.2) is 5.69 Å². The molecule has 27 heavy (non-hydrogen) atoms. The summed E-state index contributed by atoms with van der Waals surface area (Å²) in [6.07, 6.45) is 6.03. The number of rotatable bonds is 3. The minimum Gasteiger partial charge on any atom is -0.329 e. The molecule has 0 bridgehead atoms. The predicted molar refractivity (Wildman–Crippen MR) is 104 cm³/mol. The zero-order chi connectivity index (χ0) is 18.8. The quantitative estimate of drug-likeness (QED) is 0.836. The highest BCUT2D eigenvalue weighted by molar-refractivity contribution is 5.92. The van der Waals surface area contributed by atoms with Gasteiger partial charge in [-0.05, 0) is 57.7 Å². The van der Waals surface area contributed by atoms with Crippen molar-refractivity contribution in [2.75, 3.05) is 13.1 Å². The van der Waals surface area contributed by atoms with Gasteiger partial charge in [-0.15, -0.1) is 0 Å². The van der Waals surface area contributed by atoms with Gasteiger partial charge in [0.2, 0.25) is 0 Å². The monoisotopic (exact) mass is 367 g/mol. The number of carbonyl (C=O) groups is 1. The summed E-state index contributed by atoms with van der Waals surface area (Å²) in [5, 5.41) is 4.69. The number of likely N-dealkylation sites (tertiary alicyclic amines) is 1. The van der Waals surface area contributed by atoms with E-state index in [0.29, 0.717) is 11.7 Å². The molecule has 6 heteroatoms. The third-order valence-electron chi connectivity index (χ3n) is 5.79. The Morgan fingerprint density at radius 3 is 2.81 bits per heavy atom. The van der Waals surface area contributed by atoms with Gasteiger partial charge in [-0.3, -0.25) is 19.4 Å². The molecule has 1 amide bonds. The number of aryl methyl sites for hydroxylation is 1. The lowest BCUT2D eigenvalue weighted by atomic mass is 9.98. The van der Waals surface area contributed by atoms with Crippen molar-refractivity contribution >= 4 is 5.91 Å². The first-order chi connectivity index (χ1) is 13.1. The molecule has 2 aliphatic heterocycles. The lowest BCUT2D eigenvalue weighted by Crippen LogP contribution is -2.39. The summed E-state index contributed by atoms with van der Waals surface area (Å²) in [6.45, 7) is 8.06. The molecule has 0 spiro atoms. The second kappa shape index (κ2) is 7.80. The normalized spacial score (nSPS) is 21.1. The van der Waals surface area contributed by atoms with Crippen LogP contribution in [0.15, 0.2) is 30.5 Å². The maximum atomic E-state index is 13.3. The van der Waals surface area contributed by atoms with E-state index in [1.807, 2.05) is 40.0 Å². The molecule has 1 fully saturated rings. The van der Waals surface area contributed by atoms with E-state index in [0.717, 1.165) is 63.3 Å². The molecule has 0 radical (unpaired) electrons. The maximum Gasteiger partial charge on any atom is 0.274 e. The highest BCUT2D eigenvalue weighted by Gasteiger charge is 2.31. The van der Waals surface area contributed by atoms with Gasteiger partial charge < -0.3 is 4.90 Å². The van der Waals surface area contributed by atoms with E-state index in [2.05, 4.69) is 28.8 Å². The summed E-state index contributed by atoms with van der Waals surface area (Å²) in [5.41, 5.74) is 2.71. The van der Waals surface area contributed by atoms with E-state index >= 15 is 0 Å². The largest absolute Gasteiger partial charge is 0.329 e. The molecule has 1 saturated heterocycles. The topological polar surface area (TPSA) is 54.3 Å². The molecule has 144 valence electrons. The highest BCUT2D eigenvalue weighted by Crippen LogP contribution is 2.31. The Bertz CT molecular complexity index is 785. The van der Waals surface area contributed by atoms with Crippen molar-refractivity contribution < 1.29 is 4.79 Å². The number of carbonyl (C=O) groups excluding carboxylic acids is 1. The van der Waals surface area contributed by atoms with Crippen LogP contribution in [0.1, 0.15) is 67.4 Å². The highest BCUT2D eigenvalue weighted by atomic mass is 16.2. The molecule has 2 aliphatic rings. The Balaban J connectivity index is 1.58. The lowest BCUT2D eigenvalue weighted by Gasteiger charge is -2.35. The van der Waals surface area contributed by atoms with Crippen LogP contribution in [0.3, 0.4) is 0 Å². The van der Waals surface area contributed by atoms with Gasteiger partial charge in [-0.1, -0.05) is 6.07 Å². The van der Waals surface area contributed by atoms with Crippen molar-refractivity contribution in [1.82, 2.24) is 24.6 Å². The Hall–Kier alpha value is -2.21. The summed E-state index contributed by atoms with van der Waals surface area (Å²) >= 11 is 0. The molecule has 0 unspecified atom stereocenters. The van der Waals surface area contributed by atoms with Gasteiger partial charge in [-0.2, -0.15) is 5.10 Å². The summed E-state index contributed by atoms with van der Waals surface area (Å²) < 4.78 is 2.04. The molecular weight excluding hydrogens is 338 g/mol. The van der Waals surface area contributed by atoms with Gasteiger partial charge in [0.05, 0.1) is 17.4 Å². The molecule has 0 aliphatic carbocycles. The molecule has 1 atom stereocenters. The molecule has 4 heterocycles. The van der Waals surface area contributed by atoms with Gasteiger partial charge in [0.1, 0.15) is 0 Å². The van der Waals surface area contributed by atoms with Crippen molar-refractivity contribution in [3.63, 3.8) is 0 Å². The van der Waals surface area contributed by atoms with Crippen molar-refractivity contribution in [1.29, 1.82) is 0 Å². The Kier molecular flexibility index (Phi) is 5.25. The number of hydrogen-bond acceptors (Lipinski definition) is 4. The smallest absolute Gasteiger partial charge is 0.274 e. The zero-order valence-electron chi connectivity index (χ0n) is 16.3. The number of pyridine rings is 1. The Morgan fingerprint density at radius 1 is 1.15 bits per heavy atom. The van der Waals surface area contributed by atoms with Crippen molar-refractivity contribution in [2.45, 2.75) is 64.7 Å². The molecule has 2 aromatic heterocycles. The first-order valence-electron chi connectivity index (χ1n) is 10.2. The van der Waals surface area contributed by atoms with E-state index in [9.17, 15) is 4.79 Å². The zero-order valence-corrected chi connectivity index (χ0v) is 16.3. The van der Waals surface area contributed by atoms with Crippen molar-refractivity contribution in [3.05, 3.63) is 47.5 Å². The molecular formula is C21H29N5O. The van der Waals surface area contributed by atoms with E-state index < -0.39 is 0 Å². The van der Waals surface area contributed by atoms with Gasteiger partial charge >= 0.3 is 0 Å². The minimum absolute atomic E-state index is 0.0435. The van der Waals surface area contributed by atoms with Gasteiger partial charge in [0, 0.05) is 38.4 Å². The maximum absolute atomic E-state index is 13.3. The fraction of sp³-hybridized carbons (Fsp3) is 0.571. The Morgan fingerprint density at radius 2 is 2.04 bits per heavy atom. The number of aromatic nitrogens is 3. The van der Waals surface area contributed by atoms with Gasteiger partial charge in [-0.25, -0.2) is 0 Å². The molecule has 4 rings (SSSR count). The van der Waals surface area contributed by atoms with Crippen LogP contribution >= 0.6 is 0 Å². The third-order valence-corrected chi connectivity index (χ3v) is 5.79. The molecule has 0 N–H and O–H groups in total. The van der Waals surface area contributed by atoms with Crippen LogP contribution in [-0.4, -0.2) is 49.6 Å². The minimum atomic E-state index is 0.0435. The predicted octanol–water partition coefficient (Wildman–Crippen LogP) is 3.26. The molecule has 0 aromatic carbocycles. The SMILES string of the molecule is CC(C)N1CCCn2nc(C(=O)N3CCCC[C@H]3c3ccccn3)cc2C1. The van der Waals surface area contributed by atoms with Crippen molar-refractivity contribution in [2.24, 2.45) is 0 Å². The number of hydrogen-bond donors (Lipinski definition) is 0. The van der Waals surface area contributed by atoms with Crippen LogP contribution in [0.4, 0.5) is 0 Å². The van der Waals surface area contributed by atoms with Crippen LogP contribution in [0.2, 0.25) is 0 Å². The molecule has 6 nitrogen and oxygen atoms in total. The fourth-order valence-electron chi connectivity index (χ4n) is 4.23. The van der Waals surface area contributed by atoms with E-state index in [-0.39, 0.29) is 11.9 Å². The average molecular weight is 367 g/mol.